The number of amides is 2. The number of hydrogen-bond donors (Lipinski definition) is 2. The first-order valence-electron chi connectivity index (χ1n) is 10.6. The van der Waals surface area contributed by atoms with E-state index in [1.54, 1.807) is 12.1 Å². The van der Waals surface area contributed by atoms with Gasteiger partial charge in [0.2, 0.25) is 21.8 Å². The SMILES string of the molecule is CC(=O)Nc1ccc(S(=O)(=O)N2CCC(NC(=O)C(C)Sc3ccc(C)cc3)CC2)cc1. The molecule has 0 spiro atoms. The fraction of sp³-hybridized carbons (Fsp3) is 0.391. The third kappa shape index (κ3) is 6.34. The summed E-state index contributed by atoms with van der Waals surface area (Å²) in [6.45, 7) is 6.00. The van der Waals surface area contributed by atoms with E-state index in [4.69, 9.17) is 0 Å². The van der Waals surface area contributed by atoms with Crippen LogP contribution in [0.5, 0.6) is 0 Å². The fourth-order valence-electron chi connectivity index (χ4n) is 3.50. The van der Waals surface area contributed by atoms with Crippen molar-refractivity contribution in [3.05, 3.63) is 54.1 Å². The molecule has 2 aromatic rings. The van der Waals surface area contributed by atoms with E-state index in [1.807, 2.05) is 38.1 Å². The van der Waals surface area contributed by atoms with Crippen molar-refractivity contribution in [3.63, 3.8) is 0 Å². The van der Waals surface area contributed by atoms with Crippen LogP contribution in [0.25, 0.3) is 0 Å². The normalized spacial score (nSPS) is 16.3. The summed E-state index contributed by atoms with van der Waals surface area (Å²) >= 11 is 1.51. The van der Waals surface area contributed by atoms with Gasteiger partial charge in [0.05, 0.1) is 10.1 Å². The predicted octanol–water partition coefficient (Wildman–Crippen LogP) is 3.40. The lowest BCUT2D eigenvalue weighted by molar-refractivity contribution is -0.121. The van der Waals surface area contributed by atoms with E-state index in [-0.39, 0.29) is 28.0 Å². The third-order valence-electron chi connectivity index (χ3n) is 5.32. The van der Waals surface area contributed by atoms with E-state index in [0.29, 0.717) is 31.6 Å². The molecule has 7 nitrogen and oxygen atoms in total. The lowest BCUT2D eigenvalue weighted by Crippen LogP contribution is -2.48. The Kier molecular flexibility index (Phi) is 7.97. The van der Waals surface area contributed by atoms with Gasteiger partial charge < -0.3 is 10.6 Å². The van der Waals surface area contributed by atoms with Crippen LogP contribution >= 0.6 is 11.8 Å². The highest BCUT2D eigenvalue weighted by atomic mass is 32.2. The van der Waals surface area contributed by atoms with Gasteiger partial charge in [-0.25, -0.2) is 8.42 Å². The number of anilines is 1. The van der Waals surface area contributed by atoms with Crippen molar-refractivity contribution in [2.45, 2.75) is 54.7 Å². The molecule has 1 aliphatic heterocycles. The van der Waals surface area contributed by atoms with E-state index in [0.717, 1.165) is 4.90 Å². The van der Waals surface area contributed by atoms with E-state index >= 15 is 0 Å². The number of sulfonamides is 1. The largest absolute Gasteiger partial charge is 0.352 e. The molecule has 1 unspecified atom stereocenters. The first-order valence-corrected chi connectivity index (χ1v) is 12.9. The highest BCUT2D eigenvalue weighted by molar-refractivity contribution is 8.00. The molecule has 1 saturated heterocycles. The van der Waals surface area contributed by atoms with Crippen LogP contribution in [0.3, 0.4) is 0 Å². The number of rotatable bonds is 7. The number of carbonyl (C=O) groups is 2. The Bertz CT molecular complexity index is 1050. The van der Waals surface area contributed by atoms with Gasteiger partial charge in [0.15, 0.2) is 0 Å². The first kappa shape index (κ1) is 24.3. The van der Waals surface area contributed by atoms with Crippen LogP contribution in [0.2, 0.25) is 0 Å². The summed E-state index contributed by atoms with van der Waals surface area (Å²) < 4.78 is 27.3. The summed E-state index contributed by atoms with van der Waals surface area (Å²) in [5, 5.41) is 5.46. The molecule has 1 atom stereocenters. The van der Waals surface area contributed by atoms with Crippen molar-refractivity contribution in [1.29, 1.82) is 0 Å². The molecule has 32 heavy (non-hydrogen) atoms. The van der Waals surface area contributed by atoms with Gasteiger partial charge in [0, 0.05) is 36.6 Å². The summed E-state index contributed by atoms with van der Waals surface area (Å²) in [6.07, 6.45) is 1.13. The first-order chi connectivity index (χ1) is 15.1. The van der Waals surface area contributed by atoms with Gasteiger partial charge in [-0.3, -0.25) is 9.59 Å². The molecule has 3 rings (SSSR count). The van der Waals surface area contributed by atoms with Gasteiger partial charge >= 0.3 is 0 Å². The molecular weight excluding hydrogens is 446 g/mol. The minimum absolute atomic E-state index is 0.0366. The Hall–Kier alpha value is -2.36. The van der Waals surface area contributed by atoms with Crippen LogP contribution in [-0.2, 0) is 19.6 Å². The summed E-state index contributed by atoms with van der Waals surface area (Å²) in [4.78, 5) is 25.0. The quantitative estimate of drug-likeness (QED) is 0.599. The lowest BCUT2D eigenvalue weighted by atomic mass is 10.1. The Balaban J connectivity index is 1.52. The van der Waals surface area contributed by atoms with Gasteiger partial charge in [0.25, 0.3) is 0 Å². The Morgan fingerprint density at radius 1 is 1.03 bits per heavy atom. The zero-order valence-electron chi connectivity index (χ0n) is 18.5. The van der Waals surface area contributed by atoms with Crippen LogP contribution < -0.4 is 10.6 Å². The van der Waals surface area contributed by atoms with Crippen molar-refractivity contribution in [2.24, 2.45) is 0 Å². The summed E-state index contributed by atoms with van der Waals surface area (Å²) in [6, 6.07) is 14.2. The van der Waals surface area contributed by atoms with Crippen molar-refractivity contribution in [1.82, 2.24) is 9.62 Å². The average molecular weight is 476 g/mol. The Morgan fingerprint density at radius 3 is 2.19 bits per heavy atom. The minimum Gasteiger partial charge on any atom is -0.352 e. The highest BCUT2D eigenvalue weighted by Crippen LogP contribution is 2.25. The van der Waals surface area contributed by atoms with Gasteiger partial charge in [-0.1, -0.05) is 17.7 Å². The number of hydrogen-bond acceptors (Lipinski definition) is 5. The second-order valence-corrected chi connectivity index (χ2v) is 11.3. The maximum atomic E-state index is 12.9. The van der Waals surface area contributed by atoms with Crippen molar-refractivity contribution in [3.8, 4) is 0 Å². The third-order valence-corrected chi connectivity index (χ3v) is 8.34. The molecule has 172 valence electrons. The van der Waals surface area contributed by atoms with E-state index in [9.17, 15) is 18.0 Å². The molecule has 1 aliphatic rings. The maximum Gasteiger partial charge on any atom is 0.243 e. The predicted molar refractivity (Wildman–Crippen MR) is 127 cm³/mol. The van der Waals surface area contributed by atoms with E-state index in [2.05, 4.69) is 10.6 Å². The Labute approximate surface area is 194 Å². The number of carbonyl (C=O) groups excluding carboxylic acids is 2. The molecule has 0 aromatic heterocycles. The minimum atomic E-state index is -3.62. The number of thioether (sulfide) groups is 1. The summed E-state index contributed by atoms with van der Waals surface area (Å²) in [7, 11) is -3.62. The molecule has 0 saturated carbocycles. The zero-order chi connectivity index (χ0) is 23.3. The van der Waals surface area contributed by atoms with Crippen LogP contribution in [0.15, 0.2) is 58.3 Å². The molecular formula is C23H29N3O4S2. The van der Waals surface area contributed by atoms with Crippen molar-refractivity contribution in [2.75, 3.05) is 18.4 Å². The summed E-state index contributed by atoms with van der Waals surface area (Å²) in [5.41, 5.74) is 1.73. The van der Waals surface area contributed by atoms with Crippen molar-refractivity contribution < 1.29 is 18.0 Å². The maximum absolute atomic E-state index is 12.9. The van der Waals surface area contributed by atoms with Crippen LogP contribution in [0.1, 0.15) is 32.3 Å². The van der Waals surface area contributed by atoms with Gasteiger partial charge in [-0.2, -0.15) is 4.31 Å². The number of nitrogens with zero attached hydrogens (tertiary/aromatic N) is 1. The standard InChI is InChI=1S/C23H29N3O4S2/c1-16-4-8-21(9-5-16)31-17(2)23(28)25-20-12-14-26(15-13-20)32(29,30)22-10-6-19(7-11-22)24-18(3)27/h4-11,17,20H,12-15H2,1-3H3,(H,24,27)(H,25,28). The monoisotopic (exact) mass is 475 g/mol. The molecule has 2 aromatic carbocycles. The highest BCUT2D eigenvalue weighted by Gasteiger charge is 2.30. The van der Waals surface area contributed by atoms with Gasteiger partial charge in [0.1, 0.15) is 0 Å². The number of benzene rings is 2. The molecule has 9 heteroatoms. The number of nitrogens with one attached hydrogen (secondary N) is 2. The van der Waals surface area contributed by atoms with Gasteiger partial charge in [-0.05, 0) is 63.1 Å². The molecule has 0 aliphatic carbocycles. The van der Waals surface area contributed by atoms with Crippen LogP contribution in [0, 0.1) is 6.92 Å². The fourth-order valence-corrected chi connectivity index (χ4v) is 5.84. The van der Waals surface area contributed by atoms with E-state index in [1.165, 1.54) is 40.7 Å². The number of aryl methyl sites for hydroxylation is 1. The molecule has 0 radical (unpaired) electrons. The van der Waals surface area contributed by atoms with E-state index < -0.39 is 10.0 Å². The number of piperidine rings is 1. The van der Waals surface area contributed by atoms with Crippen molar-refractivity contribution >= 4 is 39.3 Å². The smallest absolute Gasteiger partial charge is 0.243 e. The molecule has 2 amide bonds. The van der Waals surface area contributed by atoms with Crippen LogP contribution in [0.4, 0.5) is 5.69 Å². The molecule has 1 fully saturated rings. The summed E-state index contributed by atoms with van der Waals surface area (Å²) in [5.74, 6) is -0.248. The lowest BCUT2D eigenvalue weighted by Gasteiger charge is -2.32. The molecule has 2 N–H and O–H groups in total. The average Bonchev–Trinajstić information content (AvgIpc) is 2.75. The topological polar surface area (TPSA) is 95.6 Å². The Morgan fingerprint density at radius 2 is 1.62 bits per heavy atom. The molecule has 0 bridgehead atoms. The second-order valence-electron chi connectivity index (χ2n) is 7.97. The second kappa shape index (κ2) is 10.5. The van der Waals surface area contributed by atoms with Gasteiger partial charge in [-0.15, -0.1) is 11.8 Å². The van der Waals surface area contributed by atoms with Crippen LogP contribution in [-0.4, -0.2) is 48.9 Å². The zero-order valence-corrected chi connectivity index (χ0v) is 20.1. The molecule has 1 heterocycles.